The zero-order valence-electron chi connectivity index (χ0n) is 15.1. The van der Waals surface area contributed by atoms with Gasteiger partial charge in [0.05, 0.1) is 25.4 Å². The zero-order chi connectivity index (χ0) is 19.0. The van der Waals surface area contributed by atoms with Crippen LogP contribution >= 0.6 is 0 Å². The summed E-state index contributed by atoms with van der Waals surface area (Å²) in [6, 6.07) is 8.45. The van der Waals surface area contributed by atoms with Crippen LogP contribution in [0, 0.1) is 0 Å². The number of ether oxygens (including phenoxy) is 2. The van der Waals surface area contributed by atoms with Gasteiger partial charge >= 0.3 is 11.9 Å². The summed E-state index contributed by atoms with van der Waals surface area (Å²) in [6.45, 7) is 5.70. The molecule has 0 heterocycles. The fourth-order valence-corrected chi connectivity index (χ4v) is 1.83. The molecule has 0 saturated carbocycles. The maximum atomic E-state index is 12.9. The van der Waals surface area contributed by atoms with Crippen LogP contribution in [0.4, 0.5) is 0 Å². The van der Waals surface area contributed by atoms with E-state index in [4.69, 9.17) is 4.74 Å². The number of rotatable bonds is 6. The summed E-state index contributed by atoms with van der Waals surface area (Å²) in [6.07, 6.45) is 2.36. The largest absolute Gasteiger partial charge is 0.466 e. The molecule has 0 aliphatic carbocycles. The average Bonchev–Trinajstić information content (AvgIpc) is 2.59. The minimum atomic E-state index is -0.809. The van der Waals surface area contributed by atoms with Gasteiger partial charge in [0.2, 0.25) is 0 Å². The lowest BCUT2D eigenvalue weighted by Crippen LogP contribution is -2.32. The zero-order valence-corrected chi connectivity index (χ0v) is 15.1. The first-order chi connectivity index (χ1) is 11.7. The Morgan fingerprint density at radius 2 is 1.56 bits per heavy atom. The van der Waals surface area contributed by atoms with Crippen molar-refractivity contribution in [1.82, 2.24) is 5.32 Å². The number of ketones is 1. The van der Waals surface area contributed by atoms with Gasteiger partial charge in [-0.25, -0.2) is 9.59 Å². The lowest BCUT2D eigenvalue weighted by molar-refractivity contribution is -0.138. The molecule has 0 saturated heterocycles. The molecule has 0 atom stereocenters. The molecule has 0 unspecified atom stereocenters. The van der Waals surface area contributed by atoms with Gasteiger partial charge in [0.1, 0.15) is 0 Å². The Labute approximate surface area is 147 Å². The third-order valence-corrected chi connectivity index (χ3v) is 3.09. The topological polar surface area (TPSA) is 81.7 Å². The molecule has 6 nitrogen and oxygen atoms in total. The molecule has 1 aromatic rings. The van der Waals surface area contributed by atoms with Crippen molar-refractivity contribution in [3.8, 4) is 0 Å². The number of Topliss-reactive ketones (excluding diaryl/α,β-unsaturated/α-hetero) is 1. The second-order valence-electron chi connectivity index (χ2n) is 6.22. The highest BCUT2D eigenvalue weighted by Gasteiger charge is 2.25. The number of carbonyl (C=O) groups is 3. The summed E-state index contributed by atoms with van der Waals surface area (Å²) in [5, 5.41) is 3.04. The smallest absolute Gasteiger partial charge is 0.338 e. The third-order valence-electron chi connectivity index (χ3n) is 3.09. The molecule has 1 rings (SSSR count). The molecule has 0 aliphatic rings. The maximum Gasteiger partial charge on any atom is 0.338 e. The molecule has 0 aliphatic heterocycles. The van der Waals surface area contributed by atoms with E-state index in [0.29, 0.717) is 5.56 Å². The summed E-state index contributed by atoms with van der Waals surface area (Å²) in [4.78, 5) is 36.7. The SMILES string of the molecule is COC(=O)/C=C(C(=O)OC)/C(=C/NC(C)(C)C)C(=O)c1ccccc1. The van der Waals surface area contributed by atoms with Gasteiger partial charge in [0.15, 0.2) is 5.78 Å². The number of nitrogens with one attached hydrogen (secondary N) is 1. The molecular weight excluding hydrogens is 322 g/mol. The number of hydrogen-bond acceptors (Lipinski definition) is 6. The molecule has 0 spiro atoms. The predicted octanol–water partition coefficient (Wildman–Crippen LogP) is 2.41. The number of esters is 2. The van der Waals surface area contributed by atoms with Crippen LogP contribution < -0.4 is 5.32 Å². The van der Waals surface area contributed by atoms with E-state index in [1.807, 2.05) is 20.8 Å². The Morgan fingerprint density at radius 3 is 2.04 bits per heavy atom. The highest BCUT2D eigenvalue weighted by Crippen LogP contribution is 2.19. The van der Waals surface area contributed by atoms with Crippen LogP contribution in [0.1, 0.15) is 31.1 Å². The Balaban J connectivity index is 3.46. The molecule has 134 valence electrons. The summed E-state index contributed by atoms with van der Waals surface area (Å²) >= 11 is 0. The Bertz CT molecular complexity index is 696. The quantitative estimate of drug-likeness (QED) is 0.369. The van der Waals surface area contributed by atoms with Crippen molar-refractivity contribution in [2.75, 3.05) is 14.2 Å². The van der Waals surface area contributed by atoms with Gasteiger partial charge in [-0.2, -0.15) is 0 Å². The first-order valence-corrected chi connectivity index (χ1v) is 7.65. The third kappa shape index (κ3) is 6.25. The van der Waals surface area contributed by atoms with Gasteiger partial charge in [-0.05, 0) is 20.8 Å². The first-order valence-electron chi connectivity index (χ1n) is 7.65. The molecule has 25 heavy (non-hydrogen) atoms. The normalized spacial score (nSPS) is 12.4. The highest BCUT2D eigenvalue weighted by atomic mass is 16.5. The average molecular weight is 345 g/mol. The second kappa shape index (κ2) is 8.82. The van der Waals surface area contributed by atoms with E-state index in [1.54, 1.807) is 30.3 Å². The van der Waals surface area contributed by atoms with Crippen LogP contribution in [0.2, 0.25) is 0 Å². The van der Waals surface area contributed by atoms with E-state index in [1.165, 1.54) is 20.4 Å². The number of carbonyl (C=O) groups excluding carboxylic acids is 3. The van der Waals surface area contributed by atoms with Crippen LogP contribution in [0.25, 0.3) is 0 Å². The van der Waals surface area contributed by atoms with E-state index < -0.39 is 17.7 Å². The monoisotopic (exact) mass is 345 g/mol. The van der Waals surface area contributed by atoms with Crippen LogP contribution in [0.15, 0.2) is 53.8 Å². The fourth-order valence-electron chi connectivity index (χ4n) is 1.83. The van der Waals surface area contributed by atoms with Crippen molar-refractivity contribution in [1.29, 1.82) is 0 Å². The van der Waals surface area contributed by atoms with Crippen molar-refractivity contribution in [2.24, 2.45) is 0 Å². The van der Waals surface area contributed by atoms with E-state index in [-0.39, 0.29) is 16.7 Å². The van der Waals surface area contributed by atoms with Crippen LogP contribution in [-0.2, 0) is 19.1 Å². The van der Waals surface area contributed by atoms with Gasteiger partial charge in [-0.1, -0.05) is 30.3 Å². The Kier molecular flexibility index (Phi) is 7.11. The summed E-state index contributed by atoms with van der Waals surface area (Å²) < 4.78 is 9.30. The summed E-state index contributed by atoms with van der Waals surface area (Å²) in [5.74, 6) is -1.99. The van der Waals surface area contributed by atoms with Gasteiger partial charge in [-0.15, -0.1) is 0 Å². The van der Waals surface area contributed by atoms with Gasteiger partial charge in [0, 0.05) is 23.4 Å². The number of benzene rings is 1. The van der Waals surface area contributed by atoms with E-state index in [9.17, 15) is 14.4 Å². The molecular formula is C19H23NO5. The maximum absolute atomic E-state index is 12.9. The molecule has 6 heteroatoms. The first kappa shape index (κ1) is 20.2. The second-order valence-corrected chi connectivity index (χ2v) is 6.22. The van der Waals surface area contributed by atoms with Crippen LogP contribution in [0.3, 0.4) is 0 Å². The number of methoxy groups -OCH3 is 2. The molecule has 0 fully saturated rings. The Hall–Kier alpha value is -2.89. The molecule has 1 aromatic carbocycles. The molecule has 0 bridgehead atoms. The minimum Gasteiger partial charge on any atom is -0.466 e. The molecule has 1 N–H and O–H groups in total. The van der Waals surface area contributed by atoms with Crippen molar-refractivity contribution in [3.63, 3.8) is 0 Å². The minimum absolute atomic E-state index is 0.0124. The van der Waals surface area contributed by atoms with Crippen molar-refractivity contribution < 1.29 is 23.9 Å². The van der Waals surface area contributed by atoms with E-state index >= 15 is 0 Å². The standard InChI is InChI=1S/C19H23NO5/c1-19(2,3)20-12-15(17(22)13-9-7-6-8-10-13)14(18(23)25-5)11-16(21)24-4/h6-12,20H,1-5H3/b14-11-,15-12-. The van der Waals surface area contributed by atoms with Crippen molar-refractivity contribution in [2.45, 2.75) is 26.3 Å². The van der Waals surface area contributed by atoms with Crippen molar-refractivity contribution >= 4 is 17.7 Å². The van der Waals surface area contributed by atoms with Crippen molar-refractivity contribution in [3.05, 3.63) is 59.3 Å². The lowest BCUT2D eigenvalue weighted by atomic mass is 9.96. The van der Waals surface area contributed by atoms with Gasteiger partial charge in [0.25, 0.3) is 0 Å². The Morgan fingerprint density at radius 1 is 0.960 bits per heavy atom. The van der Waals surface area contributed by atoms with Gasteiger partial charge in [-0.3, -0.25) is 4.79 Å². The summed E-state index contributed by atoms with van der Waals surface area (Å²) in [5.41, 5.74) is -0.142. The van der Waals surface area contributed by atoms with E-state index in [2.05, 4.69) is 10.1 Å². The predicted molar refractivity (Wildman–Crippen MR) is 93.9 cm³/mol. The summed E-state index contributed by atoms with van der Waals surface area (Å²) in [7, 11) is 2.36. The fraction of sp³-hybridized carbons (Fsp3) is 0.316. The lowest BCUT2D eigenvalue weighted by Gasteiger charge is -2.20. The highest BCUT2D eigenvalue weighted by molar-refractivity contribution is 6.18. The van der Waals surface area contributed by atoms with Crippen LogP contribution in [-0.4, -0.2) is 37.5 Å². The molecule has 0 radical (unpaired) electrons. The van der Waals surface area contributed by atoms with E-state index in [0.717, 1.165) is 6.08 Å². The molecule has 0 amide bonds. The number of hydrogen-bond donors (Lipinski definition) is 1. The van der Waals surface area contributed by atoms with Crippen LogP contribution in [0.5, 0.6) is 0 Å². The van der Waals surface area contributed by atoms with Gasteiger partial charge < -0.3 is 14.8 Å². The molecule has 0 aromatic heterocycles.